The monoisotopic (exact) mass is 620 g/mol. The van der Waals surface area contributed by atoms with Crippen LogP contribution in [0.2, 0.25) is 0 Å². The van der Waals surface area contributed by atoms with E-state index in [9.17, 15) is 13.7 Å². The summed E-state index contributed by atoms with van der Waals surface area (Å²) in [5.41, 5.74) is 7.54. The molecule has 0 saturated heterocycles. The van der Waals surface area contributed by atoms with E-state index in [2.05, 4.69) is 39.0 Å². The molecule has 1 aromatic heterocycles. The van der Waals surface area contributed by atoms with Gasteiger partial charge in [-0.2, -0.15) is 0 Å². The Morgan fingerprint density at radius 1 is 1.25 bits per heavy atom. The number of nitrogen functional groups attached to an aromatic ring is 1. The van der Waals surface area contributed by atoms with Crippen LogP contribution in [0, 0.1) is 16.5 Å². The number of nitrogens with two attached hydrogens (primary N) is 1. The largest absolute Gasteiger partial charge is 0.396 e. The highest BCUT2D eigenvalue weighted by atomic mass is 35.5. The molecule has 212 valence electrons. The summed E-state index contributed by atoms with van der Waals surface area (Å²) in [6.45, 7) is 7.81. The number of hydrogen-bond donors (Lipinski definition) is 1. The first-order chi connectivity index (χ1) is 19.2. The number of aryl methyl sites for hydroxylation is 1. The van der Waals surface area contributed by atoms with E-state index < -0.39 is 11.6 Å². The molecule has 5 nitrogen and oxygen atoms in total. The fourth-order valence-electron chi connectivity index (χ4n) is 3.28. The van der Waals surface area contributed by atoms with Crippen LogP contribution in [0.25, 0.3) is 16.8 Å². The van der Waals surface area contributed by atoms with Crippen molar-refractivity contribution >= 4 is 71.2 Å². The lowest BCUT2D eigenvalue weighted by Crippen LogP contribution is -1.96. The minimum absolute atomic E-state index is 0.0972. The summed E-state index contributed by atoms with van der Waals surface area (Å²) in [5, 5.41) is 5.31. The molecule has 0 saturated carbocycles. The zero-order valence-corrected chi connectivity index (χ0v) is 26.1. The smallest absolute Gasteiger partial charge is 0.155 e. The van der Waals surface area contributed by atoms with Crippen LogP contribution in [0.3, 0.4) is 0 Å². The van der Waals surface area contributed by atoms with Crippen LogP contribution < -0.4 is 11.0 Å². The van der Waals surface area contributed by atoms with Gasteiger partial charge < -0.3 is 5.73 Å². The number of aliphatic imine (C=N–C) groups is 1. The maximum Gasteiger partial charge on any atom is 0.155 e. The molecule has 11 heteroatoms. The number of nitroso groups, excluding NO2 is 1. The van der Waals surface area contributed by atoms with E-state index in [0.29, 0.717) is 21.6 Å². The quantitative estimate of drug-likeness (QED) is 0.0466. The third-order valence-electron chi connectivity index (χ3n) is 5.42. The van der Waals surface area contributed by atoms with Crippen LogP contribution in [-0.4, -0.2) is 16.3 Å². The lowest BCUT2D eigenvalue weighted by Gasteiger charge is -2.09. The number of hydrogen-bond acceptors (Lipinski definition) is 7. The van der Waals surface area contributed by atoms with Gasteiger partial charge in [-0.3, -0.25) is 4.99 Å². The first-order valence-corrected chi connectivity index (χ1v) is 15.3. The number of rotatable bonds is 10. The Balaban J connectivity index is 0.000000469. The molecule has 0 spiro atoms. The average molecular weight is 621 g/mol. The summed E-state index contributed by atoms with van der Waals surface area (Å²) in [7, 11) is 2.23. The number of aromatic nitrogens is 1. The van der Waals surface area contributed by atoms with Gasteiger partial charge in [-0.1, -0.05) is 55.3 Å². The molecule has 1 heterocycles. The van der Waals surface area contributed by atoms with Gasteiger partial charge >= 0.3 is 0 Å². The van der Waals surface area contributed by atoms with Gasteiger partial charge in [0.1, 0.15) is 0 Å². The lowest BCUT2D eigenvalue weighted by atomic mass is 10.0. The molecule has 3 rings (SSSR count). The second-order valence-electron chi connectivity index (χ2n) is 8.33. The number of nitrogens with zero attached hydrogens (tertiary/aromatic N) is 3. The van der Waals surface area contributed by atoms with Crippen LogP contribution in [0.4, 0.5) is 20.2 Å². The van der Waals surface area contributed by atoms with Crippen molar-refractivity contribution in [2.24, 2.45) is 10.2 Å². The number of unbranched alkanes of at least 4 members (excludes halogenated alkanes) is 1. The Kier molecular flexibility index (Phi) is 14.4. The van der Waals surface area contributed by atoms with Crippen molar-refractivity contribution in [3.63, 3.8) is 0 Å². The summed E-state index contributed by atoms with van der Waals surface area (Å²) in [6, 6.07) is 9.30. The number of thioether (sulfide) groups is 1. The summed E-state index contributed by atoms with van der Waals surface area (Å²) < 4.78 is 27.4. The standard InChI is InChI=1S/C23H27ClFN3S2.C6H5FNOP/c1-5-7-10-16(18(24)14-27-15(3)29-4)23-22(28-20(30-23)13-8-6-2)17-11-9-12-19(26)21(17)25;7-4-2-1-3-5(10)6(4)8-9/h6,9-12,14H,2,5,7-8,13,26H2,1,3-4H3;1-3H,10H2/b16-10-,18-14+,27-15?;. The van der Waals surface area contributed by atoms with Crippen molar-refractivity contribution < 1.29 is 8.78 Å². The van der Waals surface area contributed by atoms with Crippen molar-refractivity contribution in [1.82, 2.24) is 4.98 Å². The number of allylic oxidation sites excluding steroid dienone is 4. The maximum absolute atomic E-state index is 14.9. The molecule has 2 N–H and O–H groups in total. The lowest BCUT2D eigenvalue weighted by molar-refractivity contribution is 0.631. The zero-order valence-electron chi connectivity index (χ0n) is 22.6. The fourth-order valence-corrected chi connectivity index (χ4v) is 5.16. The molecule has 2 aromatic carbocycles. The van der Waals surface area contributed by atoms with E-state index in [1.54, 1.807) is 42.2 Å². The SMILES string of the molecule is C=CCCc1nc(-c2cccc(N)c2F)c(C(=C\CCC)/C(Cl)=C\N=C(C)SC)s1.O=Nc1c(F)cccc1P. The third-order valence-corrected chi connectivity index (χ3v) is 8.03. The molecule has 0 aliphatic heterocycles. The average Bonchev–Trinajstić information content (AvgIpc) is 3.36. The van der Waals surface area contributed by atoms with Gasteiger partial charge in [0.2, 0.25) is 0 Å². The van der Waals surface area contributed by atoms with E-state index in [1.165, 1.54) is 23.5 Å². The van der Waals surface area contributed by atoms with Crippen LogP contribution in [0.15, 0.2) is 76.5 Å². The second-order valence-corrected chi connectivity index (χ2v) is 11.4. The van der Waals surface area contributed by atoms with Crippen molar-refractivity contribution in [3.05, 3.63) is 92.8 Å². The van der Waals surface area contributed by atoms with Crippen molar-refractivity contribution in [2.45, 2.75) is 39.5 Å². The van der Waals surface area contributed by atoms with Crippen molar-refractivity contribution in [3.8, 4) is 11.3 Å². The number of anilines is 1. The zero-order chi connectivity index (χ0) is 29.7. The summed E-state index contributed by atoms with van der Waals surface area (Å²) in [5.74, 6) is -1.05. The van der Waals surface area contributed by atoms with Crippen LogP contribution in [-0.2, 0) is 6.42 Å². The van der Waals surface area contributed by atoms with Crippen molar-refractivity contribution in [1.29, 1.82) is 0 Å². The summed E-state index contributed by atoms with van der Waals surface area (Å²) in [4.78, 5) is 19.9. The molecular formula is C29H32ClF2N4OPS2. The van der Waals surface area contributed by atoms with Gasteiger partial charge in [-0.05, 0) is 49.4 Å². The van der Waals surface area contributed by atoms with Crippen LogP contribution in [0.1, 0.15) is 43.0 Å². The van der Waals surface area contributed by atoms with Gasteiger partial charge in [-0.15, -0.1) is 43.8 Å². The fraction of sp³-hybridized carbons (Fsp3) is 0.241. The van der Waals surface area contributed by atoms with Gasteiger partial charge in [0.15, 0.2) is 17.3 Å². The Labute approximate surface area is 249 Å². The number of halogens is 3. The topological polar surface area (TPSA) is 80.7 Å². The van der Waals surface area contributed by atoms with E-state index in [0.717, 1.165) is 46.2 Å². The second kappa shape index (κ2) is 17.2. The van der Waals surface area contributed by atoms with E-state index in [1.807, 2.05) is 19.3 Å². The Morgan fingerprint density at radius 3 is 2.58 bits per heavy atom. The van der Waals surface area contributed by atoms with Gasteiger partial charge in [0, 0.05) is 29.1 Å². The van der Waals surface area contributed by atoms with E-state index >= 15 is 0 Å². The van der Waals surface area contributed by atoms with Crippen LogP contribution in [0.5, 0.6) is 0 Å². The minimum atomic E-state index is -0.581. The number of thiazole rings is 1. The van der Waals surface area contributed by atoms with E-state index in [4.69, 9.17) is 22.3 Å². The van der Waals surface area contributed by atoms with Crippen molar-refractivity contribution in [2.75, 3.05) is 12.0 Å². The molecular weight excluding hydrogens is 589 g/mol. The molecule has 1 unspecified atom stereocenters. The highest BCUT2D eigenvalue weighted by Gasteiger charge is 2.21. The summed E-state index contributed by atoms with van der Waals surface area (Å²) >= 11 is 9.76. The first-order valence-electron chi connectivity index (χ1n) is 12.4. The molecule has 40 heavy (non-hydrogen) atoms. The normalized spacial score (nSPS) is 12.1. The molecule has 0 fully saturated rings. The Bertz CT molecular complexity index is 1400. The first kappa shape index (κ1) is 33.5. The molecule has 0 aliphatic carbocycles. The highest BCUT2D eigenvalue weighted by molar-refractivity contribution is 8.13. The summed E-state index contributed by atoms with van der Waals surface area (Å²) in [6.07, 6.45) is 10.9. The molecule has 0 radical (unpaired) electrons. The van der Waals surface area contributed by atoms with E-state index in [-0.39, 0.29) is 11.4 Å². The minimum Gasteiger partial charge on any atom is -0.396 e. The predicted octanol–water partition coefficient (Wildman–Crippen LogP) is 9.42. The molecule has 1 atom stereocenters. The molecule has 0 bridgehead atoms. The van der Waals surface area contributed by atoms with Gasteiger partial charge in [0.25, 0.3) is 0 Å². The highest BCUT2D eigenvalue weighted by Crippen LogP contribution is 2.40. The third kappa shape index (κ3) is 9.44. The maximum atomic E-state index is 14.9. The Hall–Kier alpha value is -2.71. The van der Waals surface area contributed by atoms with Crippen LogP contribution >= 0.6 is 43.9 Å². The van der Waals surface area contributed by atoms with Gasteiger partial charge in [0.05, 0.1) is 31.3 Å². The molecule has 3 aromatic rings. The Morgan fingerprint density at radius 2 is 1.98 bits per heavy atom. The molecule has 0 aliphatic rings. The van der Waals surface area contributed by atoms with Gasteiger partial charge in [-0.25, -0.2) is 13.8 Å². The predicted molar refractivity (Wildman–Crippen MR) is 175 cm³/mol. The number of benzene rings is 2. The molecule has 0 amide bonds.